The van der Waals surface area contributed by atoms with E-state index in [9.17, 15) is 62.4 Å². The molecule has 224 valence electrons. The number of nitrogens with one attached hydrogen (secondary N) is 2. The normalized spacial score (nSPS) is 16.9. The summed E-state index contributed by atoms with van der Waals surface area (Å²) in [7, 11) is -4.92. The summed E-state index contributed by atoms with van der Waals surface area (Å²) in [5.74, 6) is -13.8. The zero-order chi connectivity index (χ0) is 31.0. The molecule has 2 aromatic rings. The van der Waals surface area contributed by atoms with Gasteiger partial charge < -0.3 is 5.32 Å². The van der Waals surface area contributed by atoms with Crippen LogP contribution in [0.3, 0.4) is 0 Å². The van der Waals surface area contributed by atoms with Gasteiger partial charge in [-0.2, -0.15) is 40.4 Å². The summed E-state index contributed by atoms with van der Waals surface area (Å²) in [6.07, 6.45) is -11.4. The Balaban J connectivity index is 2.06. The summed E-state index contributed by atoms with van der Waals surface area (Å²) >= 11 is 0. The second-order valence-corrected chi connectivity index (χ2v) is 11.4. The number of hydrogen-bond acceptors (Lipinski definition) is 5. The van der Waals surface area contributed by atoms with Gasteiger partial charge in [0.1, 0.15) is 29.3 Å². The molecule has 1 saturated carbocycles. The number of amides is 1. The van der Waals surface area contributed by atoms with Gasteiger partial charge in [0.25, 0.3) is 0 Å². The van der Waals surface area contributed by atoms with E-state index >= 15 is 0 Å². The number of benzene rings is 2. The maximum absolute atomic E-state index is 14.7. The highest BCUT2D eigenvalue weighted by Crippen LogP contribution is 2.45. The van der Waals surface area contributed by atoms with Gasteiger partial charge in [0.2, 0.25) is 5.91 Å². The first-order valence-electron chi connectivity index (χ1n) is 11.5. The Bertz CT molecular complexity index is 1450. The molecule has 3 rings (SSSR count). The number of nitrogens with zero attached hydrogens (tertiary/aromatic N) is 1. The van der Waals surface area contributed by atoms with Crippen LogP contribution in [0.25, 0.3) is 0 Å². The van der Waals surface area contributed by atoms with Crippen molar-refractivity contribution in [3.63, 3.8) is 0 Å². The third-order valence-corrected chi connectivity index (χ3v) is 7.74. The minimum atomic E-state index is -6.40. The molecule has 0 heterocycles. The molecule has 1 aliphatic rings. The molecule has 2 atom stereocenters. The largest absolute Gasteiger partial charge is 0.455 e. The molecule has 0 aliphatic heterocycles. The molecule has 1 fully saturated rings. The first-order valence-corrected chi connectivity index (χ1v) is 13.3. The van der Waals surface area contributed by atoms with Crippen LogP contribution in [-0.2, 0) is 26.6 Å². The molecule has 0 bridgehead atoms. The average Bonchev–Trinajstić information content (AvgIpc) is 3.60. The molecule has 6 nitrogen and oxygen atoms in total. The van der Waals surface area contributed by atoms with Crippen LogP contribution in [0.2, 0.25) is 0 Å². The van der Waals surface area contributed by atoms with E-state index in [2.05, 4.69) is 0 Å². The second-order valence-electron chi connectivity index (χ2n) is 9.33. The summed E-state index contributed by atoms with van der Waals surface area (Å²) in [5, 5.41) is 12.7. The predicted octanol–water partition coefficient (Wildman–Crippen LogP) is 4.97. The van der Waals surface area contributed by atoms with Crippen molar-refractivity contribution in [2.45, 2.75) is 54.5 Å². The van der Waals surface area contributed by atoms with Crippen molar-refractivity contribution in [1.82, 2.24) is 10.6 Å². The van der Waals surface area contributed by atoms with E-state index in [0.29, 0.717) is 12.1 Å². The first kappa shape index (κ1) is 32.1. The summed E-state index contributed by atoms with van der Waals surface area (Å²) in [6, 6.07) is -0.523. The van der Waals surface area contributed by atoms with Gasteiger partial charge in [-0.05, 0) is 30.5 Å². The van der Waals surface area contributed by atoms with E-state index in [4.69, 9.17) is 0 Å². The van der Waals surface area contributed by atoms with Gasteiger partial charge in [-0.15, -0.1) is 0 Å². The molecule has 0 unspecified atom stereocenters. The maximum Gasteiger partial charge on any atom is 0.455 e. The van der Waals surface area contributed by atoms with Crippen LogP contribution in [0.15, 0.2) is 42.5 Å². The second kappa shape index (κ2) is 11.1. The molecule has 2 aromatic carbocycles. The highest BCUT2D eigenvalue weighted by molar-refractivity contribution is 7.90. The van der Waals surface area contributed by atoms with Gasteiger partial charge in [-0.3, -0.25) is 10.1 Å². The topological polar surface area (TPSA) is 99.1 Å². The van der Waals surface area contributed by atoms with Crippen LogP contribution in [-0.4, -0.2) is 43.8 Å². The van der Waals surface area contributed by atoms with Crippen LogP contribution in [0.1, 0.15) is 35.6 Å². The summed E-state index contributed by atoms with van der Waals surface area (Å²) < 4.78 is 163. The Kier molecular flexibility index (Phi) is 8.71. The van der Waals surface area contributed by atoms with Crippen LogP contribution in [0.4, 0.5) is 43.9 Å². The summed E-state index contributed by atoms with van der Waals surface area (Å²) in [5.41, 5.74) is -5.27. The molecular formula is C24H19F10N3O3S. The van der Waals surface area contributed by atoms with E-state index in [1.54, 1.807) is 6.07 Å². The lowest BCUT2D eigenvalue weighted by Gasteiger charge is -2.33. The van der Waals surface area contributed by atoms with Crippen LogP contribution < -0.4 is 10.6 Å². The number of hydrogen-bond donors (Lipinski definition) is 2. The highest BCUT2D eigenvalue weighted by Gasteiger charge is 2.64. The van der Waals surface area contributed by atoms with Crippen molar-refractivity contribution in [3.05, 3.63) is 70.8 Å². The van der Waals surface area contributed by atoms with Crippen LogP contribution >= 0.6 is 0 Å². The van der Waals surface area contributed by atoms with Crippen molar-refractivity contribution in [3.8, 4) is 6.07 Å². The average molecular weight is 619 g/mol. The highest BCUT2D eigenvalue weighted by atomic mass is 32.2. The molecule has 0 radical (unpaired) electrons. The molecule has 0 spiro atoms. The van der Waals surface area contributed by atoms with Gasteiger partial charge in [-0.25, -0.2) is 17.2 Å². The molecule has 1 aliphatic carbocycles. The molecule has 1 amide bonds. The van der Waals surface area contributed by atoms with Crippen molar-refractivity contribution in [2.75, 3.05) is 5.75 Å². The molecule has 41 heavy (non-hydrogen) atoms. The number of carbonyl (C=O) groups is 1. The minimum Gasteiger partial charge on any atom is -0.336 e. The van der Waals surface area contributed by atoms with Crippen molar-refractivity contribution in [2.24, 2.45) is 0 Å². The van der Waals surface area contributed by atoms with Crippen molar-refractivity contribution < 1.29 is 57.1 Å². The fourth-order valence-electron chi connectivity index (χ4n) is 3.87. The van der Waals surface area contributed by atoms with Crippen molar-refractivity contribution >= 4 is 15.7 Å². The number of rotatable bonds is 10. The standard InChI is InChI=1S/C24H19F10N3O3S/c25-14-5-6-15(17(26)9-14)19(22(27,28)24(32,33)34)36-18(20(38)37-21(12-35)7-8-21)11-41(39,40)10-13-3-1-2-4-16(13)23(29,30)31/h1-6,9,18-19,36H,7-8,10-11H2,(H,37,38)/t18-,19-/m0/s1. The number of nitriles is 1. The fourth-order valence-corrected chi connectivity index (χ4v) is 5.47. The maximum atomic E-state index is 14.7. The number of sulfone groups is 1. The van der Waals surface area contributed by atoms with Gasteiger partial charge in [0, 0.05) is 11.6 Å². The smallest absolute Gasteiger partial charge is 0.336 e. The molecule has 0 aromatic heterocycles. The zero-order valence-corrected chi connectivity index (χ0v) is 21.2. The minimum absolute atomic E-state index is 0.0163. The first-order chi connectivity index (χ1) is 18.7. The van der Waals surface area contributed by atoms with Crippen molar-refractivity contribution in [1.29, 1.82) is 5.26 Å². The number of halogens is 10. The number of alkyl halides is 8. The Hall–Kier alpha value is -3.39. The zero-order valence-electron chi connectivity index (χ0n) is 20.4. The van der Waals surface area contributed by atoms with E-state index < -0.39 is 91.5 Å². The lowest BCUT2D eigenvalue weighted by molar-refractivity contribution is -0.295. The third kappa shape index (κ3) is 7.47. The fraction of sp³-hybridized carbons (Fsp3) is 0.417. The van der Waals surface area contributed by atoms with Crippen LogP contribution in [0, 0.1) is 23.0 Å². The predicted molar refractivity (Wildman–Crippen MR) is 122 cm³/mol. The van der Waals surface area contributed by atoms with Gasteiger partial charge >= 0.3 is 18.3 Å². The lowest BCUT2D eigenvalue weighted by atomic mass is 9.98. The molecular weight excluding hydrogens is 600 g/mol. The van der Waals surface area contributed by atoms with Crippen LogP contribution in [0.5, 0.6) is 0 Å². The molecule has 2 N–H and O–H groups in total. The van der Waals surface area contributed by atoms with Gasteiger partial charge in [0.05, 0.1) is 23.1 Å². The molecule has 0 saturated heterocycles. The van der Waals surface area contributed by atoms with Gasteiger partial charge in [-0.1, -0.05) is 24.3 Å². The molecule has 17 heteroatoms. The quantitative estimate of drug-likeness (QED) is 0.366. The van der Waals surface area contributed by atoms with E-state index in [-0.39, 0.29) is 25.0 Å². The number of carbonyl (C=O) groups excluding carboxylic acids is 1. The summed E-state index contributed by atoms with van der Waals surface area (Å²) in [4.78, 5) is 12.9. The monoisotopic (exact) mass is 619 g/mol. The SMILES string of the molecule is N#CC1(NC(=O)[C@H](CS(=O)(=O)Cc2ccccc2C(F)(F)F)N[C@@H](c2ccc(F)cc2F)C(F)(F)C(F)(F)F)CC1. The van der Waals surface area contributed by atoms with E-state index in [1.165, 1.54) is 5.32 Å². The van der Waals surface area contributed by atoms with Gasteiger partial charge in [0.15, 0.2) is 9.84 Å². The Morgan fingerprint density at radius 1 is 1.00 bits per heavy atom. The Labute approximate surface area is 226 Å². The summed E-state index contributed by atoms with van der Waals surface area (Å²) in [6.45, 7) is 0. The Morgan fingerprint density at radius 2 is 1.61 bits per heavy atom. The Morgan fingerprint density at radius 3 is 2.12 bits per heavy atom. The van der Waals surface area contributed by atoms with E-state index in [1.807, 2.05) is 5.32 Å². The van der Waals surface area contributed by atoms with E-state index in [0.717, 1.165) is 18.2 Å². The lowest BCUT2D eigenvalue weighted by Crippen LogP contribution is -2.57. The third-order valence-electron chi connectivity index (χ3n) is 6.14.